The number of piperidine rings is 1. The normalized spacial score (nSPS) is 15.3. The first-order valence-electron chi connectivity index (χ1n) is 8.63. The molecule has 0 aliphatic carbocycles. The lowest BCUT2D eigenvalue weighted by Crippen LogP contribution is -2.40. The van der Waals surface area contributed by atoms with Crippen molar-refractivity contribution >= 4 is 40.4 Å². The number of carbonyl (C=O) groups is 2. The van der Waals surface area contributed by atoms with Gasteiger partial charge in [0.1, 0.15) is 5.01 Å². The van der Waals surface area contributed by atoms with Crippen LogP contribution in [0.5, 0.6) is 0 Å². The molecule has 138 valence electrons. The molecular formula is C18H21ClN4O2S. The summed E-state index contributed by atoms with van der Waals surface area (Å²) in [6, 6.07) is 6.97. The lowest BCUT2D eigenvalue weighted by Gasteiger charge is -2.32. The van der Waals surface area contributed by atoms with Gasteiger partial charge in [0.15, 0.2) is 0 Å². The SMILES string of the molecule is CC(C)C(=O)N1CCC(c2nnc(C(=O)Nc3cccc(Cl)c3)s2)CC1. The molecule has 0 spiro atoms. The number of aromatic nitrogens is 2. The number of amides is 2. The molecule has 1 aromatic heterocycles. The Hall–Kier alpha value is -1.99. The molecule has 1 fully saturated rings. The van der Waals surface area contributed by atoms with E-state index >= 15 is 0 Å². The summed E-state index contributed by atoms with van der Waals surface area (Å²) in [7, 11) is 0. The van der Waals surface area contributed by atoms with Crippen LogP contribution in [0.1, 0.15) is 47.4 Å². The zero-order valence-electron chi connectivity index (χ0n) is 14.7. The second-order valence-corrected chi connectivity index (χ2v) is 8.11. The van der Waals surface area contributed by atoms with Crippen LogP contribution in [0.25, 0.3) is 0 Å². The fourth-order valence-corrected chi connectivity index (χ4v) is 4.05. The Labute approximate surface area is 161 Å². The van der Waals surface area contributed by atoms with Crippen molar-refractivity contribution in [2.24, 2.45) is 5.92 Å². The van der Waals surface area contributed by atoms with Gasteiger partial charge in [0, 0.05) is 35.6 Å². The van der Waals surface area contributed by atoms with Crippen molar-refractivity contribution in [2.75, 3.05) is 18.4 Å². The lowest BCUT2D eigenvalue weighted by molar-refractivity contribution is -0.135. The second-order valence-electron chi connectivity index (χ2n) is 6.66. The van der Waals surface area contributed by atoms with Crippen LogP contribution in [0.3, 0.4) is 0 Å². The molecule has 3 rings (SSSR count). The smallest absolute Gasteiger partial charge is 0.286 e. The molecule has 6 nitrogen and oxygen atoms in total. The quantitative estimate of drug-likeness (QED) is 0.858. The Morgan fingerprint density at radius 1 is 1.27 bits per heavy atom. The van der Waals surface area contributed by atoms with E-state index in [2.05, 4.69) is 15.5 Å². The van der Waals surface area contributed by atoms with Crippen LogP contribution in [-0.2, 0) is 4.79 Å². The first-order valence-corrected chi connectivity index (χ1v) is 9.82. The van der Waals surface area contributed by atoms with Gasteiger partial charge in [-0.25, -0.2) is 0 Å². The number of carbonyl (C=O) groups excluding carboxylic acids is 2. The van der Waals surface area contributed by atoms with Gasteiger partial charge in [0.25, 0.3) is 5.91 Å². The third kappa shape index (κ3) is 4.40. The summed E-state index contributed by atoms with van der Waals surface area (Å²) < 4.78 is 0. The van der Waals surface area contributed by atoms with Crippen molar-refractivity contribution in [1.82, 2.24) is 15.1 Å². The number of nitrogens with one attached hydrogen (secondary N) is 1. The van der Waals surface area contributed by atoms with Crippen LogP contribution in [0.4, 0.5) is 5.69 Å². The molecule has 0 bridgehead atoms. The largest absolute Gasteiger partial charge is 0.342 e. The highest BCUT2D eigenvalue weighted by Crippen LogP contribution is 2.31. The van der Waals surface area contributed by atoms with Gasteiger partial charge in [-0.1, -0.05) is 42.9 Å². The van der Waals surface area contributed by atoms with E-state index in [1.165, 1.54) is 11.3 Å². The number of hydrogen-bond acceptors (Lipinski definition) is 5. The summed E-state index contributed by atoms with van der Waals surface area (Å²) in [5, 5.41) is 12.8. The molecule has 2 amide bonds. The number of hydrogen-bond donors (Lipinski definition) is 1. The maximum atomic E-state index is 12.3. The van der Waals surface area contributed by atoms with Crippen molar-refractivity contribution in [2.45, 2.75) is 32.6 Å². The van der Waals surface area contributed by atoms with Crippen LogP contribution < -0.4 is 5.32 Å². The average molecular weight is 393 g/mol. The molecule has 26 heavy (non-hydrogen) atoms. The fraction of sp³-hybridized carbons (Fsp3) is 0.444. The van der Waals surface area contributed by atoms with Crippen molar-refractivity contribution in [3.63, 3.8) is 0 Å². The highest BCUT2D eigenvalue weighted by molar-refractivity contribution is 7.13. The van der Waals surface area contributed by atoms with Crippen molar-refractivity contribution < 1.29 is 9.59 Å². The molecular weight excluding hydrogens is 372 g/mol. The van der Waals surface area contributed by atoms with Crippen LogP contribution in [-0.4, -0.2) is 40.0 Å². The first kappa shape index (κ1) is 18.8. The zero-order valence-corrected chi connectivity index (χ0v) is 16.3. The molecule has 1 aliphatic heterocycles. The molecule has 0 unspecified atom stereocenters. The van der Waals surface area contributed by atoms with E-state index in [1.54, 1.807) is 24.3 Å². The van der Waals surface area contributed by atoms with E-state index in [1.807, 2.05) is 18.7 Å². The van der Waals surface area contributed by atoms with Gasteiger partial charge in [0.2, 0.25) is 10.9 Å². The third-order valence-corrected chi connectivity index (χ3v) is 5.69. The third-order valence-electron chi connectivity index (χ3n) is 4.37. The van der Waals surface area contributed by atoms with Crippen molar-refractivity contribution in [1.29, 1.82) is 0 Å². The topological polar surface area (TPSA) is 75.2 Å². The van der Waals surface area contributed by atoms with E-state index in [0.717, 1.165) is 30.9 Å². The highest BCUT2D eigenvalue weighted by Gasteiger charge is 2.27. The highest BCUT2D eigenvalue weighted by atomic mass is 35.5. The van der Waals surface area contributed by atoms with E-state index in [4.69, 9.17) is 11.6 Å². The summed E-state index contributed by atoms with van der Waals surface area (Å²) >= 11 is 7.24. The van der Waals surface area contributed by atoms with E-state index in [-0.39, 0.29) is 23.7 Å². The van der Waals surface area contributed by atoms with Gasteiger partial charge < -0.3 is 10.2 Å². The Morgan fingerprint density at radius 2 is 2.00 bits per heavy atom. The van der Waals surface area contributed by atoms with Gasteiger partial charge in [-0.3, -0.25) is 9.59 Å². The van der Waals surface area contributed by atoms with Crippen LogP contribution in [0.2, 0.25) is 5.02 Å². The average Bonchev–Trinajstić information content (AvgIpc) is 3.11. The Bertz CT molecular complexity index is 800. The van der Waals surface area contributed by atoms with Crippen molar-refractivity contribution in [3.8, 4) is 0 Å². The summed E-state index contributed by atoms with van der Waals surface area (Å²) in [6.07, 6.45) is 1.70. The van der Waals surface area contributed by atoms with Gasteiger partial charge in [0.05, 0.1) is 0 Å². The summed E-state index contributed by atoms with van der Waals surface area (Å²) in [5.41, 5.74) is 0.625. The molecule has 1 aromatic carbocycles. The fourth-order valence-electron chi connectivity index (χ4n) is 2.95. The Kier molecular flexibility index (Phi) is 5.88. The summed E-state index contributed by atoms with van der Waals surface area (Å²) in [6.45, 7) is 5.30. The standard InChI is InChI=1S/C18H21ClN4O2S/c1-11(2)18(25)23-8-6-12(7-9-23)16-21-22-17(26-16)15(24)20-14-5-3-4-13(19)10-14/h3-5,10-12H,6-9H2,1-2H3,(H,20,24). The van der Waals surface area contributed by atoms with Gasteiger partial charge in [-0.15, -0.1) is 10.2 Å². The molecule has 1 aliphatic rings. The first-order chi connectivity index (χ1) is 12.4. The summed E-state index contributed by atoms with van der Waals surface area (Å²) in [4.78, 5) is 26.3. The number of rotatable bonds is 4. The predicted octanol–water partition coefficient (Wildman–Crippen LogP) is 3.81. The minimum absolute atomic E-state index is 0.0230. The molecule has 0 radical (unpaired) electrons. The minimum Gasteiger partial charge on any atom is -0.342 e. The molecule has 0 saturated carbocycles. The van der Waals surface area contributed by atoms with Gasteiger partial charge >= 0.3 is 0 Å². The minimum atomic E-state index is -0.288. The van der Waals surface area contributed by atoms with Gasteiger partial charge in [-0.2, -0.15) is 0 Å². The van der Waals surface area contributed by atoms with Crippen LogP contribution in [0.15, 0.2) is 24.3 Å². The zero-order chi connectivity index (χ0) is 18.7. The molecule has 2 heterocycles. The summed E-state index contributed by atoms with van der Waals surface area (Å²) in [5.74, 6) is 0.178. The monoisotopic (exact) mass is 392 g/mol. The molecule has 8 heteroatoms. The Morgan fingerprint density at radius 3 is 2.65 bits per heavy atom. The van der Waals surface area contributed by atoms with Crippen LogP contribution >= 0.6 is 22.9 Å². The number of likely N-dealkylation sites (tertiary alicyclic amines) is 1. The number of benzene rings is 1. The molecule has 1 saturated heterocycles. The number of nitrogens with zero attached hydrogens (tertiary/aromatic N) is 3. The number of anilines is 1. The number of halogens is 1. The molecule has 2 aromatic rings. The second kappa shape index (κ2) is 8.14. The molecule has 0 atom stereocenters. The maximum Gasteiger partial charge on any atom is 0.286 e. The van der Waals surface area contributed by atoms with E-state index < -0.39 is 0 Å². The maximum absolute atomic E-state index is 12.3. The van der Waals surface area contributed by atoms with Crippen LogP contribution in [0, 0.1) is 5.92 Å². The van der Waals surface area contributed by atoms with E-state index in [0.29, 0.717) is 15.7 Å². The van der Waals surface area contributed by atoms with Crippen molar-refractivity contribution in [3.05, 3.63) is 39.3 Å². The van der Waals surface area contributed by atoms with E-state index in [9.17, 15) is 9.59 Å². The lowest BCUT2D eigenvalue weighted by atomic mass is 9.97. The van der Waals surface area contributed by atoms with Gasteiger partial charge in [-0.05, 0) is 31.0 Å². The molecule has 1 N–H and O–H groups in total. The Balaban J connectivity index is 1.60. The predicted molar refractivity (Wildman–Crippen MR) is 103 cm³/mol.